The number of rotatable bonds is 4. The van der Waals surface area contributed by atoms with Crippen molar-refractivity contribution >= 4 is 5.91 Å². The maximum atomic E-state index is 12.9. The SMILES string of the molecule is CC(C)c1nccn1[C@H](C)C(=O)N1CCC(c2nncn2C)CC1. The van der Waals surface area contributed by atoms with Crippen LogP contribution >= 0.6 is 0 Å². The molecule has 0 spiro atoms. The predicted octanol–water partition coefficient (Wildman–Crippen LogP) is 2.10. The first kappa shape index (κ1) is 16.7. The number of carbonyl (C=O) groups excluding carboxylic acids is 1. The van der Waals surface area contributed by atoms with Crippen LogP contribution in [0.5, 0.6) is 0 Å². The molecule has 3 heterocycles. The zero-order valence-electron chi connectivity index (χ0n) is 14.9. The van der Waals surface area contributed by atoms with E-state index in [1.165, 1.54) is 0 Å². The summed E-state index contributed by atoms with van der Waals surface area (Å²) in [5.74, 6) is 2.84. The van der Waals surface area contributed by atoms with Crippen molar-refractivity contribution in [2.75, 3.05) is 13.1 Å². The van der Waals surface area contributed by atoms with Gasteiger partial charge in [0.2, 0.25) is 5.91 Å². The number of carbonyl (C=O) groups is 1. The monoisotopic (exact) mass is 330 g/mol. The molecule has 2 aromatic rings. The Kier molecular flexibility index (Phi) is 4.69. The van der Waals surface area contributed by atoms with Crippen molar-refractivity contribution in [3.05, 3.63) is 30.4 Å². The quantitative estimate of drug-likeness (QED) is 0.861. The van der Waals surface area contributed by atoms with Gasteiger partial charge in [0.15, 0.2) is 0 Å². The molecule has 1 aliphatic heterocycles. The van der Waals surface area contributed by atoms with E-state index in [9.17, 15) is 4.79 Å². The number of hydrogen-bond donors (Lipinski definition) is 0. The Morgan fingerprint density at radius 3 is 2.54 bits per heavy atom. The van der Waals surface area contributed by atoms with E-state index in [-0.39, 0.29) is 11.9 Å². The molecule has 0 bridgehead atoms. The van der Waals surface area contributed by atoms with Crippen LogP contribution in [0.25, 0.3) is 0 Å². The zero-order valence-corrected chi connectivity index (χ0v) is 14.9. The van der Waals surface area contributed by atoms with Crippen LogP contribution in [0.3, 0.4) is 0 Å². The number of piperidine rings is 1. The fourth-order valence-corrected chi connectivity index (χ4v) is 3.50. The molecule has 24 heavy (non-hydrogen) atoms. The second kappa shape index (κ2) is 6.75. The van der Waals surface area contributed by atoms with E-state index >= 15 is 0 Å². The van der Waals surface area contributed by atoms with E-state index in [1.54, 1.807) is 12.5 Å². The van der Waals surface area contributed by atoms with Crippen LogP contribution in [-0.2, 0) is 11.8 Å². The minimum Gasteiger partial charge on any atom is -0.341 e. The third kappa shape index (κ3) is 3.07. The van der Waals surface area contributed by atoms with Crippen LogP contribution in [0.2, 0.25) is 0 Å². The van der Waals surface area contributed by atoms with E-state index in [0.717, 1.165) is 37.6 Å². The van der Waals surface area contributed by atoms with Gasteiger partial charge in [0.05, 0.1) is 0 Å². The lowest BCUT2D eigenvalue weighted by atomic mass is 9.95. The van der Waals surface area contributed by atoms with Gasteiger partial charge in [-0.1, -0.05) is 13.8 Å². The molecule has 1 fully saturated rings. The molecule has 0 N–H and O–H groups in total. The Bertz CT molecular complexity index is 696. The summed E-state index contributed by atoms with van der Waals surface area (Å²) in [6.45, 7) is 7.70. The van der Waals surface area contributed by atoms with Crippen molar-refractivity contribution in [3.8, 4) is 0 Å². The number of imidazole rings is 1. The van der Waals surface area contributed by atoms with Gasteiger partial charge in [0, 0.05) is 44.4 Å². The van der Waals surface area contributed by atoms with Crippen LogP contribution in [-0.4, -0.2) is 48.2 Å². The minimum atomic E-state index is -0.212. The van der Waals surface area contributed by atoms with Crippen LogP contribution in [0.1, 0.15) is 63.1 Å². The smallest absolute Gasteiger partial charge is 0.245 e. The molecular formula is C17H26N6O. The fourth-order valence-electron chi connectivity index (χ4n) is 3.50. The molecule has 7 heteroatoms. The van der Waals surface area contributed by atoms with Gasteiger partial charge in [-0.05, 0) is 19.8 Å². The number of hydrogen-bond acceptors (Lipinski definition) is 4. The third-order valence-electron chi connectivity index (χ3n) is 4.91. The van der Waals surface area contributed by atoms with Crippen molar-refractivity contribution in [2.24, 2.45) is 7.05 Å². The molecule has 130 valence electrons. The average Bonchev–Trinajstić information content (AvgIpc) is 3.22. The normalized spacial score (nSPS) is 17.5. The van der Waals surface area contributed by atoms with Crippen LogP contribution in [0.4, 0.5) is 0 Å². The van der Waals surface area contributed by atoms with Gasteiger partial charge in [-0.2, -0.15) is 0 Å². The van der Waals surface area contributed by atoms with Gasteiger partial charge in [-0.15, -0.1) is 10.2 Å². The number of amides is 1. The highest BCUT2D eigenvalue weighted by Crippen LogP contribution is 2.28. The Balaban J connectivity index is 1.64. The molecule has 0 aromatic carbocycles. The molecule has 2 aromatic heterocycles. The molecular weight excluding hydrogens is 304 g/mol. The highest BCUT2D eigenvalue weighted by atomic mass is 16.2. The topological polar surface area (TPSA) is 68.8 Å². The Hall–Kier alpha value is -2.18. The van der Waals surface area contributed by atoms with Crippen molar-refractivity contribution in [1.29, 1.82) is 0 Å². The lowest BCUT2D eigenvalue weighted by molar-refractivity contribution is -0.135. The maximum Gasteiger partial charge on any atom is 0.245 e. The highest BCUT2D eigenvalue weighted by molar-refractivity contribution is 5.80. The van der Waals surface area contributed by atoms with Crippen molar-refractivity contribution in [2.45, 2.75) is 51.5 Å². The lowest BCUT2D eigenvalue weighted by Gasteiger charge is -2.33. The summed E-state index contributed by atoms with van der Waals surface area (Å²) in [5.41, 5.74) is 0. The second-order valence-corrected chi connectivity index (χ2v) is 6.92. The summed E-state index contributed by atoms with van der Waals surface area (Å²) in [7, 11) is 1.97. The maximum absolute atomic E-state index is 12.9. The van der Waals surface area contributed by atoms with Crippen LogP contribution < -0.4 is 0 Å². The number of nitrogens with zero attached hydrogens (tertiary/aromatic N) is 6. The zero-order chi connectivity index (χ0) is 17.3. The van der Waals surface area contributed by atoms with Gasteiger partial charge in [-0.25, -0.2) is 4.98 Å². The highest BCUT2D eigenvalue weighted by Gasteiger charge is 2.30. The Labute approximate surface area is 142 Å². The Morgan fingerprint density at radius 2 is 1.96 bits per heavy atom. The summed E-state index contributed by atoms with van der Waals surface area (Å²) in [6, 6.07) is -0.212. The third-order valence-corrected chi connectivity index (χ3v) is 4.91. The number of aryl methyl sites for hydroxylation is 1. The van der Waals surface area contributed by atoms with Gasteiger partial charge < -0.3 is 14.0 Å². The molecule has 0 unspecified atom stereocenters. The first-order valence-electron chi connectivity index (χ1n) is 8.64. The van der Waals surface area contributed by atoms with Crippen LogP contribution in [0, 0.1) is 0 Å². The standard InChI is InChI=1S/C17H26N6O/c1-12(2)15-18-7-10-23(15)13(3)17(24)22-8-5-14(6-9-22)16-20-19-11-21(16)4/h7,10-14H,5-6,8-9H2,1-4H3/t13-/m1/s1. The Morgan fingerprint density at radius 1 is 1.25 bits per heavy atom. The summed E-state index contributed by atoms with van der Waals surface area (Å²) >= 11 is 0. The van der Waals surface area contributed by atoms with Gasteiger partial charge in [0.1, 0.15) is 24.0 Å². The van der Waals surface area contributed by atoms with Crippen molar-refractivity contribution in [3.63, 3.8) is 0 Å². The fraction of sp³-hybridized carbons (Fsp3) is 0.647. The first-order chi connectivity index (χ1) is 11.5. The predicted molar refractivity (Wildman–Crippen MR) is 90.6 cm³/mol. The second-order valence-electron chi connectivity index (χ2n) is 6.92. The first-order valence-corrected chi connectivity index (χ1v) is 8.64. The average molecular weight is 330 g/mol. The van der Waals surface area contributed by atoms with E-state index in [1.807, 2.05) is 34.2 Å². The van der Waals surface area contributed by atoms with Gasteiger partial charge in [0.25, 0.3) is 0 Å². The molecule has 1 saturated heterocycles. The summed E-state index contributed by atoms with van der Waals surface area (Å²) in [6.07, 6.45) is 7.29. The lowest BCUT2D eigenvalue weighted by Crippen LogP contribution is -2.41. The van der Waals surface area contributed by atoms with Crippen molar-refractivity contribution < 1.29 is 4.79 Å². The summed E-state index contributed by atoms with van der Waals surface area (Å²) < 4.78 is 3.98. The van der Waals surface area contributed by atoms with Crippen LogP contribution in [0.15, 0.2) is 18.7 Å². The van der Waals surface area contributed by atoms with Crippen molar-refractivity contribution in [1.82, 2.24) is 29.2 Å². The largest absolute Gasteiger partial charge is 0.341 e. The molecule has 0 aliphatic carbocycles. The number of likely N-dealkylation sites (tertiary alicyclic amines) is 1. The summed E-state index contributed by atoms with van der Waals surface area (Å²) in [4.78, 5) is 19.2. The molecule has 0 radical (unpaired) electrons. The molecule has 0 saturated carbocycles. The minimum absolute atomic E-state index is 0.173. The number of aromatic nitrogens is 5. The van der Waals surface area contributed by atoms with E-state index in [4.69, 9.17) is 0 Å². The molecule has 7 nitrogen and oxygen atoms in total. The molecule has 1 aliphatic rings. The summed E-state index contributed by atoms with van der Waals surface area (Å²) in [5, 5.41) is 8.17. The van der Waals surface area contributed by atoms with E-state index in [0.29, 0.717) is 11.8 Å². The van der Waals surface area contributed by atoms with Gasteiger partial charge in [-0.3, -0.25) is 4.79 Å². The van der Waals surface area contributed by atoms with E-state index < -0.39 is 0 Å². The molecule has 1 amide bonds. The van der Waals surface area contributed by atoms with E-state index in [2.05, 4.69) is 29.0 Å². The molecule has 3 rings (SSSR count). The molecule has 1 atom stereocenters. The van der Waals surface area contributed by atoms with Gasteiger partial charge >= 0.3 is 0 Å².